The molecule has 2 rings (SSSR count). The van der Waals surface area contributed by atoms with E-state index in [1.54, 1.807) is 0 Å². The fourth-order valence-corrected chi connectivity index (χ4v) is 2.24. The monoisotopic (exact) mass is 289 g/mol. The second-order valence-electron chi connectivity index (χ2n) is 5.27. The lowest BCUT2D eigenvalue weighted by Crippen LogP contribution is -2.06. The van der Waals surface area contributed by atoms with Crippen LogP contribution < -0.4 is 5.32 Å². The van der Waals surface area contributed by atoms with Crippen molar-refractivity contribution in [1.29, 1.82) is 0 Å². The minimum Gasteiger partial charge on any atom is -0.373 e. The minimum absolute atomic E-state index is 0.280. The van der Waals surface area contributed by atoms with Gasteiger partial charge < -0.3 is 5.32 Å². The van der Waals surface area contributed by atoms with Crippen LogP contribution in [-0.2, 0) is 0 Å². The fraction of sp³-hybridized carbons (Fsp3) is 0.375. The van der Waals surface area contributed by atoms with Crippen molar-refractivity contribution in [3.05, 3.63) is 40.2 Å². The van der Waals surface area contributed by atoms with E-state index in [-0.39, 0.29) is 5.92 Å². The van der Waals surface area contributed by atoms with E-state index < -0.39 is 0 Å². The average Bonchev–Trinajstić information content (AvgIpc) is 2.42. The molecule has 0 aliphatic heterocycles. The predicted octanol–water partition coefficient (Wildman–Crippen LogP) is 4.58. The number of benzene rings is 1. The molecule has 1 N–H and O–H groups in total. The van der Waals surface area contributed by atoms with Gasteiger partial charge in [-0.05, 0) is 25.5 Å². The van der Waals surface area contributed by atoms with Crippen LogP contribution in [-0.4, -0.2) is 17.0 Å². The molecule has 106 valence electrons. The molecule has 0 unspecified atom stereocenters. The Bertz CT molecular complexity index is 636. The summed E-state index contributed by atoms with van der Waals surface area (Å²) in [5.41, 5.74) is 4.07. The zero-order valence-corrected chi connectivity index (χ0v) is 13.3. The second-order valence-corrected chi connectivity index (χ2v) is 5.68. The smallest absolute Gasteiger partial charge is 0.133 e. The van der Waals surface area contributed by atoms with Gasteiger partial charge in [0.25, 0.3) is 0 Å². The number of halogens is 1. The molecular formula is C16H20ClN3. The molecule has 0 saturated carbocycles. The fourth-order valence-electron chi connectivity index (χ4n) is 2.06. The van der Waals surface area contributed by atoms with E-state index in [4.69, 9.17) is 16.6 Å². The lowest BCUT2D eigenvalue weighted by Gasteiger charge is -2.14. The van der Waals surface area contributed by atoms with Crippen LogP contribution in [0.15, 0.2) is 18.2 Å². The molecule has 1 heterocycles. The number of nitrogens with zero attached hydrogens (tertiary/aromatic N) is 2. The molecule has 0 spiro atoms. The number of hydrogen-bond acceptors (Lipinski definition) is 3. The van der Waals surface area contributed by atoms with E-state index >= 15 is 0 Å². The van der Waals surface area contributed by atoms with Gasteiger partial charge in [-0.3, -0.25) is 0 Å². The molecule has 0 aliphatic carbocycles. The zero-order valence-electron chi connectivity index (χ0n) is 12.6. The van der Waals surface area contributed by atoms with Crippen molar-refractivity contribution >= 4 is 17.4 Å². The van der Waals surface area contributed by atoms with Gasteiger partial charge in [-0.15, -0.1) is 0 Å². The predicted molar refractivity (Wildman–Crippen MR) is 85.6 cm³/mol. The van der Waals surface area contributed by atoms with E-state index in [1.807, 2.05) is 33.0 Å². The van der Waals surface area contributed by atoms with Crippen LogP contribution in [0, 0.1) is 13.8 Å². The molecule has 0 saturated heterocycles. The molecule has 20 heavy (non-hydrogen) atoms. The summed E-state index contributed by atoms with van der Waals surface area (Å²) >= 11 is 6.23. The Hall–Kier alpha value is -1.61. The highest BCUT2D eigenvalue weighted by atomic mass is 35.5. The first kappa shape index (κ1) is 14.8. The minimum atomic E-state index is 0.280. The Morgan fingerprint density at radius 1 is 1.15 bits per heavy atom. The molecule has 2 aromatic rings. The lowest BCUT2D eigenvalue weighted by molar-refractivity contribution is 0.775. The number of aryl methyl sites for hydroxylation is 1. The quantitative estimate of drug-likeness (QED) is 0.899. The summed E-state index contributed by atoms with van der Waals surface area (Å²) in [6, 6.07) is 6.04. The highest BCUT2D eigenvalue weighted by molar-refractivity contribution is 6.31. The molecule has 0 bridgehead atoms. The van der Waals surface area contributed by atoms with Gasteiger partial charge in [0.1, 0.15) is 11.6 Å². The first-order valence-corrected chi connectivity index (χ1v) is 7.14. The normalized spacial score (nSPS) is 10.9. The van der Waals surface area contributed by atoms with Crippen molar-refractivity contribution in [1.82, 2.24) is 9.97 Å². The van der Waals surface area contributed by atoms with Crippen LogP contribution in [0.5, 0.6) is 0 Å². The van der Waals surface area contributed by atoms with Crippen LogP contribution in [0.2, 0.25) is 5.02 Å². The first-order chi connectivity index (χ1) is 9.43. The van der Waals surface area contributed by atoms with Crippen LogP contribution in [0.4, 0.5) is 5.82 Å². The summed E-state index contributed by atoms with van der Waals surface area (Å²) in [5.74, 6) is 1.99. The van der Waals surface area contributed by atoms with Crippen molar-refractivity contribution in [3.8, 4) is 11.3 Å². The summed E-state index contributed by atoms with van der Waals surface area (Å²) in [7, 11) is 1.88. The van der Waals surface area contributed by atoms with E-state index in [0.717, 1.165) is 39.0 Å². The van der Waals surface area contributed by atoms with Crippen LogP contribution in [0.25, 0.3) is 11.3 Å². The van der Waals surface area contributed by atoms with Gasteiger partial charge in [0.15, 0.2) is 0 Å². The summed E-state index contributed by atoms with van der Waals surface area (Å²) in [6.07, 6.45) is 0. The third-order valence-electron chi connectivity index (χ3n) is 3.36. The summed E-state index contributed by atoms with van der Waals surface area (Å²) < 4.78 is 0. The molecule has 3 nitrogen and oxygen atoms in total. The van der Waals surface area contributed by atoms with E-state index in [0.29, 0.717) is 0 Å². The van der Waals surface area contributed by atoms with Gasteiger partial charge in [0.05, 0.1) is 5.69 Å². The Kier molecular flexibility index (Phi) is 4.29. The van der Waals surface area contributed by atoms with Crippen molar-refractivity contribution in [2.24, 2.45) is 0 Å². The highest BCUT2D eigenvalue weighted by Gasteiger charge is 2.14. The number of aromatic nitrogens is 2. The molecule has 0 aliphatic rings. The van der Waals surface area contributed by atoms with E-state index in [1.165, 1.54) is 0 Å². The van der Waals surface area contributed by atoms with Gasteiger partial charge in [0, 0.05) is 29.1 Å². The number of hydrogen-bond donors (Lipinski definition) is 1. The molecule has 1 aromatic heterocycles. The van der Waals surface area contributed by atoms with Gasteiger partial charge >= 0.3 is 0 Å². The van der Waals surface area contributed by atoms with Crippen molar-refractivity contribution in [3.63, 3.8) is 0 Å². The molecule has 0 amide bonds. The Morgan fingerprint density at radius 2 is 1.85 bits per heavy atom. The molecular weight excluding hydrogens is 270 g/mol. The van der Waals surface area contributed by atoms with Crippen LogP contribution >= 0.6 is 11.6 Å². The summed E-state index contributed by atoms with van der Waals surface area (Å²) in [4.78, 5) is 9.27. The number of anilines is 1. The third kappa shape index (κ3) is 2.78. The average molecular weight is 290 g/mol. The van der Waals surface area contributed by atoms with E-state index in [9.17, 15) is 0 Å². The van der Waals surface area contributed by atoms with Gasteiger partial charge in [-0.1, -0.05) is 37.6 Å². The van der Waals surface area contributed by atoms with Crippen molar-refractivity contribution < 1.29 is 0 Å². The maximum absolute atomic E-state index is 6.23. The summed E-state index contributed by atoms with van der Waals surface area (Å²) in [6.45, 7) is 8.21. The largest absolute Gasteiger partial charge is 0.373 e. The van der Waals surface area contributed by atoms with E-state index in [2.05, 4.69) is 30.2 Å². The summed E-state index contributed by atoms with van der Waals surface area (Å²) in [5, 5.41) is 3.90. The molecule has 0 atom stereocenters. The molecule has 0 radical (unpaired) electrons. The van der Waals surface area contributed by atoms with Crippen molar-refractivity contribution in [2.75, 3.05) is 12.4 Å². The molecule has 1 aromatic carbocycles. The Labute approximate surface area is 125 Å². The van der Waals surface area contributed by atoms with Gasteiger partial charge in [-0.2, -0.15) is 0 Å². The van der Waals surface area contributed by atoms with Gasteiger partial charge in [-0.25, -0.2) is 9.97 Å². The van der Waals surface area contributed by atoms with Gasteiger partial charge in [0.2, 0.25) is 0 Å². The number of nitrogens with one attached hydrogen (secondary N) is 1. The molecule has 4 heteroatoms. The maximum atomic E-state index is 6.23. The Balaban J connectivity index is 2.65. The zero-order chi connectivity index (χ0) is 14.9. The highest BCUT2D eigenvalue weighted by Crippen LogP contribution is 2.30. The van der Waals surface area contributed by atoms with Crippen molar-refractivity contribution in [2.45, 2.75) is 33.6 Å². The topological polar surface area (TPSA) is 37.8 Å². The lowest BCUT2D eigenvalue weighted by atomic mass is 10.0. The standard InChI is InChI=1S/C16H20ClN3/c1-9(2)15-19-14(11(4)16(18-5)20-15)12-7-6-10(3)13(17)8-12/h6-9H,1-5H3,(H,18,19,20). The molecule has 0 fully saturated rings. The SMILES string of the molecule is CNc1nc(C(C)C)nc(-c2ccc(C)c(Cl)c2)c1C. The van der Waals surface area contributed by atoms with Crippen LogP contribution in [0.1, 0.15) is 36.7 Å². The Morgan fingerprint density at radius 3 is 2.40 bits per heavy atom. The number of rotatable bonds is 3. The van der Waals surface area contributed by atoms with Crippen LogP contribution in [0.3, 0.4) is 0 Å². The maximum Gasteiger partial charge on any atom is 0.133 e. The first-order valence-electron chi connectivity index (χ1n) is 6.76. The third-order valence-corrected chi connectivity index (χ3v) is 3.77. The second kappa shape index (κ2) is 5.80.